The predicted molar refractivity (Wildman–Crippen MR) is 108 cm³/mol. The van der Waals surface area contributed by atoms with Gasteiger partial charge < -0.3 is 44.6 Å². The van der Waals surface area contributed by atoms with E-state index in [4.69, 9.17) is 0 Å². The summed E-state index contributed by atoms with van der Waals surface area (Å²) in [5.74, 6) is 0. The van der Waals surface area contributed by atoms with Crippen molar-refractivity contribution in [2.45, 2.75) is 79.1 Å². The molecule has 0 rings (SSSR count). The van der Waals surface area contributed by atoms with Crippen molar-refractivity contribution in [3.63, 3.8) is 0 Å². The topological polar surface area (TPSA) is 40.6 Å². The Balaban J connectivity index is -0.000000372. The van der Waals surface area contributed by atoms with E-state index in [1.165, 1.54) is 0 Å². The zero-order valence-electron chi connectivity index (χ0n) is 16.7. The summed E-state index contributed by atoms with van der Waals surface area (Å²) in [6.45, 7) is 11.8. The van der Waals surface area contributed by atoms with Gasteiger partial charge in [0.25, 0.3) is 0 Å². The van der Waals surface area contributed by atoms with Gasteiger partial charge in [-0.2, -0.15) is 0 Å². The maximum Gasteiger partial charge on any atom is 2.00 e. The van der Waals surface area contributed by atoms with Gasteiger partial charge in [-0.15, -0.1) is 0 Å². The SMILES string of the molecule is CCCCN(CCCC)C(=O)[S-].CCCCN(CCCC)C(=O)[S-].[Zn+2]. The van der Waals surface area contributed by atoms with Crippen LogP contribution in [0.2, 0.25) is 0 Å². The van der Waals surface area contributed by atoms with Crippen LogP contribution in [0.1, 0.15) is 79.1 Å². The number of unbranched alkanes of at least 4 members (excludes halogenated alkanes) is 4. The molecular weight excluding hydrogens is 406 g/mol. The van der Waals surface area contributed by atoms with Gasteiger partial charge in [0.15, 0.2) is 0 Å². The molecule has 0 radical (unpaired) electrons. The van der Waals surface area contributed by atoms with E-state index in [2.05, 4.69) is 53.0 Å². The second-order valence-electron chi connectivity index (χ2n) is 5.92. The summed E-state index contributed by atoms with van der Waals surface area (Å²) >= 11 is 9.23. The second-order valence-corrected chi connectivity index (χ2v) is 6.62. The molecule has 0 heterocycles. The van der Waals surface area contributed by atoms with E-state index in [-0.39, 0.29) is 30.0 Å². The van der Waals surface area contributed by atoms with Gasteiger partial charge >= 0.3 is 19.5 Å². The smallest absolute Gasteiger partial charge is 0.719 e. The van der Waals surface area contributed by atoms with Gasteiger partial charge in [-0.3, -0.25) is 0 Å². The second kappa shape index (κ2) is 22.0. The van der Waals surface area contributed by atoms with Crippen LogP contribution < -0.4 is 0 Å². The molecule has 0 atom stereocenters. The van der Waals surface area contributed by atoms with E-state index in [1.807, 2.05) is 0 Å². The summed E-state index contributed by atoms with van der Waals surface area (Å²) < 4.78 is 0. The minimum atomic E-state index is -0.197. The Kier molecular flexibility index (Phi) is 26.2. The summed E-state index contributed by atoms with van der Waals surface area (Å²) in [6, 6.07) is 0. The van der Waals surface area contributed by atoms with Crippen molar-refractivity contribution in [3.8, 4) is 0 Å². The van der Waals surface area contributed by atoms with E-state index in [1.54, 1.807) is 9.80 Å². The third kappa shape index (κ3) is 20.2. The van der Waals surface area contributed by atoms with Crippen LogP contribution in [0.3, 0.4) is 0 Å². The van der Waals surface area contributed by atoms with E-state index in [9.17, 15) is 9.59 Å². The van der Waals surface area contributed by atoms with Crippen molar-refractivity contribution in [1.29, 1.82) is 0 Å². The Labute approximate surface area is 179 Å². The van der Waals surface area contributed by atoms with Crippen molar-refractivity contribution in [2.75, 3.05) is 26.2 Å². The molecule has 0 aliphatic carbocycles. The quantitative estimate of drug-likeness (QED) is 0.311. The molecule has 0 saturated heterocycles. The van der Waals surface area contributed by atoms with Gasteiger partial charge in [0.05, 0.1) is 0 Å². The summed E-state index contributed by atoms with van der Waals surface area (Å²) in [5, 5.41) is -0.395. The normalized spacial score (nSPS) is 9.44. The Morgan fingerprint density at radius 2 is 0.800 bits per heavy atom. The fourth-order valence-corrected chi connectivity index (χ4v) is 2.35. The maximum absolute atomic E-state index is 10.9. The van der Waals surface area contributed by atoms with Crippen molar-refractivity contribution < 1.29 is 29.1 Å². The number of nitrogens with zero attached hydrogens (tertiary/aromatic N) is 2. The van der Waals surface area contributed by atoms with Gasteiger partial charge in [0, 0.05) is 26.2 Å². The van der Waals surface area contributed by atoms with E-state index >= 15 is 0 Å². The Bertz CT molecular complexity index is 275. The third-order valence-corrected chi connectivity index (χ3v) is 4.16. The van der Waals surface area contributed by atoms with Gasteiger partial charge in [-0.25, -0.2) is 0 Å². The number of rotatable bonds is 12. The van der Waals surface area contributed by atoms with Crippen LogP contribution in [0.15, 0.2) is 0 Å². The van der Waals surface area contributed by atoms with Crippen LogP contribution in [0, 0.1) is 0 Å². The molecule has 2 amide bonds. The molecule has 4 nitrogen and oxygen atoms in total. The molecule has 0 N–H and O–H groups in total. The zero-order valence-corrected chi connectivity index (χ0v) is 21.3. The van der Waals surface area contributed by atoms with Crippen molar-refractivity contribution in [1.82, 2.24) is 9.80 Å². The largest absolute Gasteiger partial charge is 2.00 e. The van der Waals surface area contributed by atoms with Crippen LogP contribution in [0.4, 0.5) is 9.59 Å². The first-order chi connectivity index (χ1) is 11.4. The Morgan fingerprint density at radius 3 is 0.920 bits per heavy atom. The Morgan fingerprint density at radius 1 is 0.600 bits per heavy atom. The fourth-order valence-electron chi connectivity index (χ4n) is 1.98. The monoisotopic (exact) mass is 440 g/mol. The number of amides is 2. The molecule has 0 aromatic heterocycles. The van der Waals surface area contributed by atoms with E-state index in [0.717, 1.165) is 77.5 Å². The minimum absolute atomic E-state index is 0. The van der Waals surface area contributed by atoms with Gasteiger partial charge in [0.2, 0.25) is 0 Å². The molecule has 144 valence electrons. The number of carbonyl (C=O) groups excluding carboxylic acids is 2. The van der Waals surface area contributed by atoms with E-state index in [0.29, 0.717) is 0 Å². The van der Waals surface area contributed by atoms with Gasteiger partial charge in [-0.1, -0.05) is 53.4 Å². The first-order valence-electron chi connectivity index (χ1n) is 9.36. The third-order valence-electron chi connectivity index (χ3n) is 3.64. The van der Waals surface area contributed by atoms with E-state index < -0.39 is 0 Å². The average Bonchev–Trinajstić information content (AvgIpc) is 2.55. The number of hydrogen-bond acceptors (Lipinski definition) is 4. The minimum Gasteiger partial charge on any atom is -0.719 e. The van der Waals surface area contributed by atoms with Crippen molar-refractivity contribution in [3.05, 3.63) is 0 Å². The molecule has 7 heteroatoms. The standard InChI is InChI=1S/2C9H19NOS.Zn/c2*1-3-5-7-10(9(11)12)8-6-4-2;/h2*3-8H2,1-2H3,(H,11,12);/q;;+2/p-2. The summed E-state index contributed by atoms with van der Waals surface area (Å²) in [6.07, 6.45) is 8.71. The molecule has 0 unspecified atom stereocenters. The number of carbonyl (C=O) groups is 2. The zero-order chi connectivity index (χ0) is 18.8. The first-order valence-corrected chi connectivity index (χ1v) is 10.2. The molecule has 0 fully saturated rings. The Hall–Kier alpha value is 0.00338. The van der Waals surface area contributed by atoms with Gasteiger partial charge in [0.1, 0.15) is 10.5 Å². The van der Waals surface area contributed by atoms with Crippen LogP contribution in [0.25, 0.3) is 0 Å². The molecule has 0 aromatic carbocycles. The molecule has 0 spiro atoms. The predicted octanol–water partition coefficient (Wildman–Crippen LogP) is 5.11. The molecule has 0 aliphatic rings. The maximum atomic E-state index is 10.9. The molecule has 0 bridgehead atoms. The molecule has 0 aliphatic heterocycles. The summed E-state index contributed by atoms with van der Waals surface area (Å²) in [5.41, 5.74) is 0. The van der Waals surface area contributed by atoms with Crippen LogP contribution in [-0.4, -0.2) is 46.5 Å². The molecular formula is C18H36N2O2S2Zn. The fraction of sp³-hybridized carbons (Fsp3) is 0.889. The summed E-state index contributed by atoms with van der Waals surface area (Å²) in [4.78, 5) is 25.3. The van der Waals surface area contributed by atoms with Crippen molar-refractivity contribution >= 4 is 35.7 Å². The van der Waals surface area contributed by atoms with Crippen LogP contribution in [-0.2, 0) is 44.7 Å². The first kappa shape index (κ1) is 29.8. The molecule has 25 heavy (non-hydrogen) atoms. The van der Waals surface area contributed by atoms with Crippen molar-refractivity contribution in [2.24, 2.45) is 0 Å². The van der Waals surface area contributed by atoms with Gasteiger partial charge in [-0.05, 0) is 25.7 Å². The number of hydrogen-bond donors (Lipinski definition) is 0. The van der Waals surface area contributed by atoms with Crippen LogP contribution >= 0.6 is 0 Å². The molecule has 0 aromatic rings. The average molecular weight is 442 g/mol. The van der Waals surface area contributed by atoms with Crippen LogP contribution in [0.5, 0.6) is 0 Å². The molecule has 0 saturated carbocycles. The summed E-state index contributed by atoms with van der Waals surface area (Å²) in [7, 11) is 0.